The third-order valence-corrected chi connectivity index (χ3v) is 3.55. The van der Waals surface area contributed by atoms with E-state index in [1.807, 2.05) is 12.4 Å². The van der Waals surface area contributed by atoms with Crippen LogP contribution in [0.25, 0.3) is 0 Å². The molecule has 2 rings (SSSR count). The van der Waals surface area contributed by atoms with Crippen molar-refractivity contribution in [1.29, 1.82) is 0 Å². The number of hydrogen-bond donors (Lipinski definition) is 1. The second kappa shape index (κ2) is 6.72. The van der Waals surface area contributed by atoms with Gasteiger partial charge in [0.25, 0.3) is 0 Å². The normalized spacial score (nSPS) is 20.0. The average Bonchev–Trinajstić information content (AvgIpc) is 2.88. The van der Waals surface area contributed by atoms with Crippen LogP contribution in [0, 0.1) is 0 Å². The van der Waals surface area contributed by atoms with Crippen LogP contribution in [0.2, 0.25) is 0 Å². The number of pyridine rings is 1. The van der Waals surface area contributed by atoms with Gasteiger partial charge in [0.05, 0.1) is 0 Å². The van der Waals surface area contributed by atoms with Gasteiger partial charge in [-0.1, -0.05) is 6.92 Å². The number of likely N-dealkylation sites (N-methyl/N-ethyl adjacent to an activating group) is 1. The van der Waals surface area contributed by atoms with Gasteiger partial charge in [-0.25, -0.2) is 0 Å². The first-order valence-electron chi connectivity index (χ1n) is 6.73. The number of hydrogen-bond acceptors (Lipinski definition) is 3. The topological polar surface area (TPSA) is 28.2 Å². The lowest BCUT2D eigenvalue weighted by atomic mass is 10.1. The van der Waals surface area contributed by atoms with Crippen LogP contribution in [0.3, 0.4) is 0 Å². The molecule has 1 N–H and O–H groups in total. The molecule has 0 aromatic carbocycles. The Labute approximate surface area is 104 Å². The molecule has 1 aliphatic rings. The minimum atomic E-state index is 0.715. The number of aromatic nitrogens is 1. The molecule has 0 aliphatic carbocycles. The Kier molecular flexibility index (Phi) is 4.95. The van der Waals surface area contributed by atoms with Crippen LogP contribution in [0.15, 0.2) is 24.5 Å². The second-order valence-electron chi connectivity index (χ2n) is 4.79. The lowest BCUT2D eigenvalue weighted by molar-refractivity contribution is 0.264. The summed E-state index contributed by atoms with van der Waals surface area (Å²) in [6.07, 6.45) is 7.57. The monoisotopic (exact) mass is 233 g/mol. The van der Waals surface area contributed by atoms with E-state index in [1.165, 1.54) is 31.5 Å². The van der Waals surface area contributed by atoms with Crippen molar-refractivity contribution in [2.45, 2.75) is 32.2 Å². The van der Waals surface area contributed by atoms with Crippen molar-refractivity contribution < 1.29 is 0 Å². The van der Waals surface area contributed by atoms with Crippen molar-refractivity contribution in [2.24, 2.45) is 0 Å². The molecular formula is C14H23N3. The van der Waals surface area contributed by atoms with Crippen LogP contribution in [0.1, 0.15) is 25.3 Å². The minimum absolute atomic E-state index is 0.715. The van der Waals surface area contributed by atoms with E-state index in [2.05, 4.69) is 34.3 Å². The Morgan fingerprint density at radius 1 is 1.41 bits per heavy atom. The quantitative estimate of drug-likeness (QED) is 0.810. The maximum absolute atomic E-state index is 4.05. The zero-order chi connectivity index (χ0) is 11.9. The van der Waals surface area contributed by atoms with Gasteiger partial charge in [0.15, 0.2) is 0 Å². The third-order valence-electron chi connectivity index (χ3n) is 3.55. The molecule has 2 heterocycles. The summed E-state index contributed by atoms with van der Waals surface area (Å²) >= 11 is 0. The summed E-state index contributed by atoms with van der Waals surface area (Å²) in [5.74, 6) is 0. The highest BCUT2D eigenvalue weighted by Gasteiger charge is 2.16. The Bertz CT molecular complexity index is 307. The van der Waals surface area contributed by atoms with Crippen LogP contribution in [0.4, 0.5) is 0 Å². The van der Waals surface area contributed by atoms with E-state index in [0.717, 1.165) is 19.5 Å². The van der Waals surface area contributed by atoms with Gasteiger partial charge in [0, 0.05) is 31.5 Å². The molecule has 1 unspecified atom stereocenters. The molecular weight excluding hydrogens is 210 g/mol. The standard InChI is InChI=1S/C14H23N3/c1-2-17(12-14-4-3-8-16-14)11-7-13-5-9-15-10-6-13/h5-6,9-10,14,16H,2-4,7-8,11-12H2,1H3. The summed E-state index contributed by atoms with van der Waals surface area (Å²) in [4.78, 5) is 6.60. The molecule has 1 atom stereocenters. The zero-order valence-electron chi connectivity index (χ0n) is 10.7. The van der Waals surface area contributed by atoms with E-state index in [1.54, 1.807) is 0 Å². The number of nitrogens with zero attached hydrogens (tertiary/aromatic N) is 2. The molecule has 94 valence electrons. The predicted octanol–water partition coefficient (Wildman–Crippen LogP) is 1.70. The number of rotatable bonds is 6. The van der Waals surface area contributed by atoms with Crippen molar-refractivity contribution in [3.05, 3.63) is 30.1 Å². The lowest BCUT2D eigenvalue weighted by Gasteiger charge is -2.24. The second-order valence-corrected chi connectivity index (χ2v) is 4.79. The molecule has 1 fully saturated rings. The Hall–Kier alpha value is -0.930. The van der Waals surface area contributed by atoms with E-state index >= 15 is 0 Å². The molecule has 0 spiro atoms. The average molecular weight is 233 g/mol. The van der Waals surface area contributed by atoms with Gasteiger partial charge >= 0.3 is 0 Å². The third kappa shape index (κ3) is 4.10. The van der Waals surface area contributed by atoms with Crippen molar-refractivity contribution in [1.82, 2.24) is 15.2 Å². The SMILES string of the molecule is CCN(CCc1ccncc1)CC1CCCN1. The van der Waals surface area contributed by atoms with Crippen molar-refractivity contribution >= 4 is 0 Å². The van der Waals surface area contributed by atoms with Gasteiger partial charge in [-0.05, 0) is 50.0 Å². The molecule has 1 aliphatic heterocycles. The molecule has 0 saturated carbocycles. The maximum atomic E-state index is 4.05. The fourth-order valence-corrected chi connectivity index (χ4v) is 2.44. The van der Waals surface area contributed by atoms with E-state index in [0.29, 0.717) is 6.04 Å². The van der Waals surface area contributed by atoms with Crippen LogP contribution < -0.4 is 5.32 Å². The molecule has 3 heteroatoms. The summed E-state index contributed by atoms with van der Waals surface area (Å²) in [5, 5.41) is 3.57. The highest BCUT2D eigenvalue weighted by atomic mass is 15.1. The van der Waals surface area contributed by atoms with Crippen molar-refractivity contribution in [3.63, 3.8) is 0 Å². The van der Waals surface area contributed by atoms with E-state index in [4.69, 9.17) is 0 Å². The first kappa shape index (κ1) is 12.5. The summed E-state index contributed by atoms with van der Waals surface area (Å²) in [7, 11) is 0. The molecule has 0 radical (unpaired) electrons. The fourth-order valence-electron chi connectivity index (χ4n) is 2.44. The molecule has 0 amide bonds. The van der Waals surface area contributed by atoms with Gasteiger partial charge in [0.2, 0.25) is 0 Å². The summed E-state index contributed by atoms with van der Waals surface area (Å²) in [6, 6.07) is 4.94. The first-order chi connectivity index (χ1) is 8.38. The van der Waals surface area contributed by atoms with E-state index in [9.17, 15) is 0 Å². The smallest absolute Gasteiger partial charge is 0.0270 e. The Morgan fingerprint density at radius 2 is 2.24 bits per heavy atom. The van der Waals surface area contributed by atoms with Gasteiger partial charge in [0.1, 0.15) is 0 Å². The van der Waals surface area contributed by atoms with E-state index < -0.39 is 0 Å². The summed E-state index contributed by atoms with van der Waals surface area (Å²) < 4.78 is 0. The van der Waals surface area contributed by atoms with E-state index in [-0.39, 0.29) is 0 Å². The maximum Gasteiger partial charge on any atom is 0.0270 e. The highest BCUT2D eigenvalue weighted by Crippen LogP contribution is 2.08. The molecule has 0 bridgehead atoms. The Morgan fingerprint density at radius 3 is 2.88 bits per heavy atom. The van der Waals surface area contributed by atoms with Crippen LogP contribution >= 0.6 is 0 Å². The minimum Gasteiger partial charge on any atom is -0.313 e. The first-order valence-corrected chi connectivity index (χ1v) is 6.73. The van der Waals surface area contributed by atoms with Gasteiger partial charge in [-0.15, -0.1) is 0 Å². The molecule has 17 heavy (non-hydrogen) atoms. The number of nitrogens with one attached hydrogen (secondary N) is 1. The van der Waals surface area contributed by atoms with Gasteiger partial charge < -0.3 is 10.2 Å². The molecule has 1 aromatic heterocycles. The fraction of sp³-hybridized carbons (Fsp3) is 0.643. The lowest BCUT2D eigenvalue weighted by Crippen LogP contribution is -2.38. The predicted molar refractivity (Wildman–Crippen MR) is 71.1 cm³/mol. The highest BCUT2D eigenvalue weighted by molar-refractivity contribution is 5.09. The van der Waals surface area contributed by atoms with Crippen LogP contribution in [-0.4, -0.2) is 42.1 Å². The molecule has 3 nitrogen and oxygen atoms in total. The summed E-state index contributed by atoms with van der Waals surface area (Å²) in [5.41, 5.74) is 1.39. The Balaban J connectivity index is 1.75. The van der Waals surface area contributed by atoms with Crippen molar-refractivity contribution in [3.8, 4) is 0 Å². The zero-order valence-corrected chi connectivity index (χ0v) is 10.7. The largest absolute Gasteiger partial charge is 0.313 e. The van der Waals surface area contributed by atoms with Crippen LogP contribution in [-0.2, 0) is 6.42 Å². The molecule has 1 aromatic rings. The van der Waals surface area contributed by atoms with Crippen LogP contribution in [0.5, 0.6) is 0 Å². The molecule has 1 saturated heterocycles. The van der Waals surface area contributed by atoms with Gasteiger partial charge in [-0.2, -0.15) is 0 Å². The van der Waals surface area contributed by atoms with Gasteiger partial charge in [-0.3, -0.25) is 4.98 Å². The van der Waals surface area contributed by atoms with Crippen molar-refractivity contribution in [2.75, 3.05) is 26.2 Å². The summed E-state index contributed by atoms with van der Waals surface area (Å²) in [6.45, 7) is 6.94.